The molecule has 132 valence electrons. The largest absolute Gasteiger partial charge is 0.416 e. The molecule has 24 heavy (non-hydrogen) atoms. The fourth-order valence-corrected chi connectivity index (χ4v) is 2.27. The van der Waals surface area contributed by atoms with Gasteiger partial charge in [-0.3, -0.25) is 16.1 Å². The van der Waals surface area contributed by atoms with Crippen molar-refractivity contribution in [3.05, 3.63) is 35.4 Å². The first-order valence-electron chi connectivity index (χ1n) is 7.53. The highest BCUT2D eigenvalue weighted by Crippen LogP contribution is 2.28. The van der Waals surface area contributed by atoms with Crippen LogP contribution in [0.4, 0.5) is 13.2 Å². The predicted octanol–water partition coefficient (Wildman–Crippen LogP) is 1.50. The van der Waals surface area contributed by atoms with Gasteiger partial charge >= 0.3 is 6.18 Å². The van der Waals surface area contributed by atoms with Crippen molar-refractivity contribution in [1.82, 2.24) is 20.4 Å². The summed E-state index contributed by atoms with van der Waals surface area (Å²) in [6.45, 7) is 3.36. The molecule has 4 N–H and O–H groups in total. The number of alkyl halides is 3. The molecule has 0 atom stereocenters. The number of halogens is 3. The quantitative estimate of drug-likeness (QED) is 0.485. The molecule has 1 aliphatic rings. The second-order valence-electron chi connectivity index (χ2n) is 5.69. The minimum absolute atomic E-state index is 0.0566. The smallest absolute Gasteiger partial charge is 0.352 e. The molecule has 0 aromatic heterocycles. The molecular weight excluding hydrogens is 321 g/mol. The number of rotatable bonds is 2. The average molecular weight is 342 g/mol. The van der Waals surface area contributed by atoms with E-state index in [0.717, 1.165) is 25.2 Å². The van der Waals surface area contributed by atoms with Gasteiger partial charge in [-0.2, -0.15) is 13.2 Å². The van der Waals surface area contributed by atoms with E-state index < -0.39 is 11.7 Å². The zero-order valence-corrected chi connectivity index (χ0v) is 13.4. The second-order valence-corrected chi connectivity index (χ2v) is 5.69. The lowest BCUT2D eigenvalue weighted by molar-refractivity contribution is -0.137. The van der Waals surface area contributed by atoms with Crippen LogP contribution in [-0.4, -0.2) is 54.9 Å². The van der Waals surface area contributed by atoms with Gasteiger partial charge < -0.3 is 15.1 Å². The van der Waals surface area contributed by atoms with Gasteiger partial charge in [-0.1, -0.05) is 12.1 Å². The summed E-state index contributed by atoms with van der Waals surface area (Å²) in [4.78, 5) is 4.01. The van der Waals surface area contributed by atoms with E-state index in [9.17, 15) is 13.2 Å². The van der Waals surface area contributed by atoms with Crippen LogP contribution >= 0.6 is 0 Å². The maximum atomic E-state index is 12.5. The first kappa shape index (κ1) is 18.1. The topological polar surface area (TPSA) is 78.2 Å². The van der Waals surface area contributed by atoms with Crippen LogP contribution in [0.5, 0.6) is 0 Å². The van der Waals surface area contributed by atoms with Gasteiger partial charge in [0, 0.05) is 32.7 Å². The van der Waals surface area contributed by atoms with E-state index in [0.29, 0.717) is 18.7 Å². The highest BCUT2D eigenvalue weighted by Gasteiger charge is 2.29. The van der Waals surface area contributed by atoms with Crippen LogP contribution < -0.4 is 10.6 Å². The lowest BCUT2D eigenvalue weighted by Gasteiger charge is -2.34. The van der Waals surface area contributed by atoms with Gasteiger partial charge in [0.15, 0.2) is 11.9 Å². The van der Waals surface area contributed by atoms with Gasteiger partial charge in [-0.05, 0) is 24.7 Å². The van der Waals surface area contributed by atoms with Crippen LogP contribution in [0.1, 0.15) is 11.1 Å². The number of hydrogen-bond donors (Lipinski definition) is 4. The molecular formula is C15H21F3N6. The zero-order chi connectivity index (χ0) is 17.7. The first-order valence-corrected chi connectivity index (χ1v) is 7.53. The average Bonchev–Trinajstić information content (AvgIpc) is 2.53. The molecule has 0 aliphatic carbocycles. The molecule has 0 spiro atoms. The van der Waals surface area contributed by atoms with Crippen LogP contribution in [0.2, 0.25) is 0 Å². The molecule has 1 aliphatic heterocycles. The summed E-state index contributed by atoms with van der Waals surface area (Å²) in [7, 11) is 2.02. The van der Waals surface area contributed by atoms with E-state index in [2.05, 4.69) is 15.5 Å². The SMILES string of the molecule is CN1CCN(C(=N)NC(=N)NCc2ccc(C(F)(F)F)cc2)CC1. The lowest BCUT2D eigenvalue weighted by atomic mass is 10.1. The minimum Gasteiger partial charge on any atom is -0.352 e. The molecule has 0 saturated carbocycles. The third kappa shape index (κ3) is 5.12. The Hall–Kier alpha value is -2.29. The van der Waals surface area contributed by atoms with Crippen molar-refractivity contribution in [2.75, 3.05) is 33.2 Å². The van der Waals surface area contributed by atoms with Crippen molar-refractivity contribution in [3.8, 4) is 0 Å². The van der Waals surface area contributed by atoms with Crippen LogP contribution in [-0.2, 0) is 12.7 Å². The summed E-state index contributed by atoms with van der Waals surface area (Å²) >= 11 is 0. The lowest BCUT2D eigenvalue weighted by Crippen LogP contribution is -2.53. The Kier molecular flexibility index (Phi) is 5.66. The van der Waals surface area contributed by atoms with Crippen molar-refractivity contribution >= 4 is 11.9 Å². The van der Waals surface area contributed by atoms with Crippen molar-refractivity contribution < 1.29 is 13.2 Å². The van der Waals surface area contributed by atoms with Gasteiger partial charge in [-0.25, -0.2) is 0 Å². The molecule has 1 aromatic rings. The van der Waals surface area contributed by atoms with Crippen LogP contribution in [0.25, 0.3) is 0 Å². The van der Waals surface area contributed by atoms with Crippen LogP contribution in [0, 0.1) is 10.8 Å². The second kappa shape index (κ2) is 7.52. The first-order chi connectivity index (χ1) is 11.3. The van der Waals surface area contributed by atoms with Crippen LogP contribution in [0.15, 0.2) is 24.3 Å². The molecule has 2 rings (SSSR count). The Bertz CT molecular complexity index is 576. The van der Waals surface area contributed by atoms with E-state index in [4.69, 9.17) is 10.8 Å². The summed E-state index contributed by atoms with van der Waals surface area (Å²) in [5.41, 5.74) is -0.0722. The number of piperazine rings is 1. The van der Waals surface area contributed by atoms with Crippen molar-refractivity contribution in [3.63, 3.8) is 0 Å². The summed E-state index contributed by atoms with van der Waals surface area (Å²) in [6.07, 6.45) is -4.35. The summed E-state index contributed by atoms with van der Waals surface area (Å²) in [6, 6.07) is 4.77. The number of guanidine groups is 2. The maximum Gasteiger partial charge on any atom is 0.416 e. The minimum atomic E-state index is -4.35. The molecule has 9 heteroatoms. The van der Waals surface area contributed by atoms with Crippen molar-refractivity contribution in [2.45, 2.75) is 12.7 Å². The normalized spacial score (nSPS) is 15.9. The molecule has 0 amide bonds. The predicted molar refractivity (Wildman–Crippen MR) is 85.9 cm³/mol. The van der Waals surface area contributed by atoms with Gasteiger partial charge in [-0.15, -0.1) is 0 Å². The molecule has 0 unspecified atom stereocenters. The highest BCUT2D eigenvalue weighted by atomic mass is 19.4. The van der Waals surface area contributed by atoms with Crippen molar-refractivity contribution in [1.29, 1.82) is 10.8 Å². The van der Waals surface area contributed by atoms with E-state index in [1.807, 2.05) is 11.9 Å². The van der Waals surface area contributed by atoms with Gasteiger partial charge in [0.1, 0.15) is 0 Å². The maximum absolute atomic E-state index is 12.5. The number of likely N-dealkylation sites (N-methyl/N-ethyl adjacent to an activating group) is 1. The summed E-state index contributed by atoms with van der Waals surface area (Å²) < 4.78 is 37.5. The van der Waals surface area contributed by atoms with E-state index in [1.54, 1.807) is 0 Å². The Morgan fingerprint density at radius 1 is 1.08 bits per heavy atom. The monoisotopic (exact) mass is 342 g/mol. The van der Waals surface area contributed by atoms with Gasteiger partial charge in [0.2, 0.25) is 0 Å². The fourth-order valence-electron chi connectivity index (χ4n) is 2.27. The Balaban J connectivity index is 1.77. The van der Waals surface area contributed by atoms with E-state index in [-0.39, 0.29) is 18.5 Å². The summed E-state index contributed by atoms with van der Waals surface area (Å²) in [5.74, 6) is 0.0897. The highest BCUT2D eigenvalue weighted by molar-refractivity contribution is 5.95. The zero-order valence-electron chi connectivity index (χ0n) is 13.4. The third-order valence-electron chi connectivity index (χ3n) is 3.81. The molecule has 1 aromatic carbocycles. The number of nitrogens with one attached hydrogen (secondary N) is 4. The van der Waals surface area contributed by atoms with Crippen LogP contribution in [0.3, 0.4) is 0 Å². The molecule has 1 saturated heterocycles. The standard InChI is InChI=1S/C15H21F3N6/c1-23-6-8-24(9-7-23)14(20)22-13(19)21-10-11-2-4-12(5-3-11)15(16,17)18/h2-5H,6-10H2,1H3,(H4,19,20,21,22). The molecule has 0 radical (unpaired) electrons. The number of hydrogen-bond acceptors (Lipinski definition) is 3. The molecule has 1 fully saturated rings. The van der Waals surface area contributed by atoms with Crippen molar-refractivity contribution in [2.24, 2.45) is 0 Å². The number of benzene rings is 1. The Morgan fingerprint density at radius 3 is 2.21 bits per heavy atom. The van der Waals surface area contributed by atoms with E-state index >= 15 is 0 Å². The molecule has 6 nitrogen and oxygen atoms in total. The summed E-state index contributed by atoms with van der Waals surface area (Å²) in [5, 5.41) is 21.1. The third-order valence-corrected chi connectivity index (χ3v) is 3.81. The van der Waals surface area contributed by atoms with Gasteiger partial charge in [0.25, 0.3) is 0 Å². The Morgan fingerprint density at radius 2 is 1.67 bits per heavy atom. The fraction of sp³-hybridized carbons (Fsp3) is 0.467. The molecule has 0 bridgehead atoms. The molecule has 1 heterocycles. The van der Waals surface area contributed by atoms with Gasteiger partial charge in [0.05, 0.1) is 5.56 Å². The number of nitrogens with zero attached hydrogens (tertiary/aromatic N) is 2. The Labute approximate surface area is 138 Å². The van der Waals surface area contributed by atoms with E-state index in [1.165, 1.54) is 12.1 Å².